The lowest BCUT2D eigenvalue weighted by molar-refractivity contribution is 0.0902. The molecule has 0 radical (unpaired) electrons. The number of nitrogens with two attached hydrogens (primary N) is 1. The summed E-state index contributed by atoms with van der Waals surface area (Å²) in [5, 5.41) is 6.02. The first-order valence-corrected chi connectivity index (χ1v) is 8.56. The van der Waals surface area contributed by atoms with Crippen LogP contribution in [-0.4, -0.2) is 27.5 Å². The van der Waals surface area contributed by atoms with E-state index in [9.17, 15) is 4.79 Å². The highest BCUT2D eigenvalue weighted by atomic mass is 35.5. The molecule has 24 heavy (non-hydrogen) atoms. The van der Waals surface area contributed by atoms with Gasteiger partial charge in [-0.1, -0.05) is 12.8 Å². The number of hydrogen-bond acceptors (Lipinski definition) is 4. The molecule has 1 amide bonds. The van der Waals surface area contributed by atoms with Crippen molar-refractivity contribution in [1.29, 1.82) is 0 Å². The van der Waals surface area contributed by atoms with Gasteiger partial charge in [-0.05, 0) is 32.8 Å². The molecule has 0 saturated heterocycles. The van der Waals surface area contributed by atoms with Gasteiger partial charge in [0.15, 0.2) is 5.13 Å². The van der Waals surface area contributed by atoms with E-state index >= 15 is 0 Å². The molecule has 2 heterocycles. The van der Waals surface area contributed by atoms with Gasteiger partial charge in [0.1, 0.15) is 0 Å². The number of amides is 1. The molecule has 2 aromatic rings. The molecule has 2 aromatic heterocycles. The van der Waals surface area contributed by atoms with Crippen molar-refractivity contribution in [1.82, 2.24) is 14.9 Å². The van der Waals surface area contributed by atoms with Crippen LogP contribution in [0.25, 0.3) is 5.13 Å². The van der Waals surface area contributed by atoms with E-state index in [1.54, 1.807) is 17.5 Å². The van der Waals surface area contributed by atoms with Crippen LogP contribution in [0.15, 0.2) is 17.6 Å². The zero-order chi connectivity index (χ0) is 15.7. The fraction of sp³-hybridized carbons (Fsp3) is 0.500. The summed E-state index contributed by atoms with van der Waals surface area (Å²) >= 11 is 1.57. The molecular weight excluding hydrogens is 367 g/mol. The molecule has 8 heteroatoms. The Bertz CT molecular complexity index is 679. The van der Waals surface area contributed by atoms with E-state index in [-0.39, 0.29) is 36.3 Å². The monoisotopic (exact) mass is 390 g/mol. The summed E-state index contributed by atoms with van der Waals surface area (Å²) in [6, 6.07) is 1.94. The number of thiazole rings is 1. The van der Waals surface area contributed by atoms with Crippen molar-refractivity contribution in [2.75, 3.05) is 6.54 Å². The lowest BCUT2D eigenvalue weighted by Crippen LogP contribution is -2.51. The summed E-state index contributed by atoms with van der Waals surface area (Å²) in [6.07, 6.45) is 5.99. The number of aryl methyl sites for hydroxylation is 1. The van der Waals surface area contributed by atoms with Gasteiger partial charge in [0.2, 0.25) is 0 Å². The number of hydrogen-bond donors (Lipinski definition) is 2. The minimum Gasteiger partial charge on any atom is -0.345 e. The summed E-state index contributed by atoms with van der Waals surface area (Å²) in [5.74, 6) is -0.0248. The fourth-order valence-electron chi connectivity index (χ4n) is 3.35. The lowest BCUT2D eigenvalue weighted by atomic mass is 9.97. The van der Waals surface area contributed by atoms with Gasteiger partial charge < -0.3 is 11.1 Å². The van der Waals surface area contributed by atoms with Crippen LogP contribution in [0, 0.1) is 13.8 Å². The summed E-state index contributed by atoms with van der Waals surface area (Å²) in [6.45, 7) is 4.47. The molecular formula is C16H24Cl2N4OS. The van der Waals surface area contributed by atoms with Crippen molar-refractivity contribution in [2.24, 2.45) is 5.73 Å². The zero-order valence-electron chi connectivity index (χ0n) is 13.9. The molecule has 1 aliphatic carbocycles. The number of halogens is 2. The maximum atomic E-state index is 12.7. The molecule has 0 spiro atoms. The maximum Gasteiger partial charge on any atom is 0.253 e. The highest BCUT2D eigenvalue weighted by Gasteiger charge is 2.34. The number of carbonyl (C=O) groups is 1. The van der Waals surface area contributed by atoms with Crippen LogP contribution >= 0.6 is 36.2 Å². The third-order valence-corrected chi connectivity index (χ3v) is 5.37. The molecule has 0 unspecified atom stereocenters. The SMILES string of the molecule is Cc1cc(C(=O)NC2(CN)CCCC2)c(C)n1-c1nccs1.Cl.Cl. The Hall–Kier alpha value is -1.08. The van der Waals surface area contributed by atoms with Gasteiger partial charge in [-0.3, -0.25) is 9.36 Å². The number of rotatable bonds is 4. The van der Waals surface area contributed by atoms with E-state index in [0.717, 1.165) is 42.2 Å². The fourth-order valence-corrected chi connectivity index (χ4v) is 4.10. The lowest BCUT2D eigenvalue weighted by Gasteiger charge is -2.28. The third kappa shape index (κ3) is 3.77. The molecule has 1 fully saturated rings. The molecule has 3 rings (SSSR count). The number of nitrogens with zero attached hydrogens (tertiary/aromatic N) is 2. The van der Waals surface area contributed by atoms with Gasteiger partial charge in [0.05, 0.1) is 11.1 Å². The first kappa shape index (κ1) is 21.0. The molecule has 0 aliphatic heterocycles. The number of nitrogens with one attached hydrogen (secondary N) is 1. The predicted octanol–water partition coefficient (Wildman–Crippen LogP) is 3.40. The maximum absolute atomic E-state index is 12.7. The second-order valence-electron chi connectivity index (χ2n) is 6.08. The van der Waals surface area contributed by atoms with Crippen molar-refractivity contribution >= 4 is 42.1 Å². The Morgan fingerprint density at radius 1 is 1.38 bits per heavy atom. The average molecular weight is 391 g/mol. The van der Waals surface area contributed by atoms with Gasteiger partial charge in [-0.15, -0.1) is 36.2 Å². The van der Waals surface area contributed by atoms with Crippen LogP contribution < -0.4 is 11.1 Å². The summed E-state index contributed by atoms with van der Waals surface area (Å²) in [4.78, 5) is 17.1. The van der Waals surface area contributed by atoms with E-state index in [4.69, 9.17) is 5.73 Å². The third-order valence-electron chi connectivity index (χ3n) is 4.62. The van der Waals surface area contributed by atoms with Crippen molar-refractivity contribution in [3.05, 3.63) is 34.6 Å². The van der Waals surface area contributed by atoms with Gasteiger partial charge in [0.25, 0.3) is 5.91 Å². The molecule has 0 bridgehead atoms. The second-order valence-corrected chi connectivity index (χ2v) is 6.95. The van der Waals surface area contributed by atoms with E-state index in [1.165, 1.54) is 0 Å². The Labute approximate surface area is 158 Å². The summed E-state index contributed by atoms with van der Waals surface area (Å²) < 4.78 is 2.03. The standard InChI is InChI=1S/C16H22N4OS.2ClH/c1-11-9-13(12(2)20(11)15-18-7-8-22-15)14(21)19-16(10-17)5-3-4-6-16;;/h7-9H,3-6,10,17H2,1-2H3,(H,19,21);2*1H. The predicted molar refractivity (Wildman–Crippen MR) is 103 cm³/mol. The first-order valence-electron chi connectivity index (χ1n) is 7.68. The molecule has 3 N–H and O–H groups in total. The molecule has 1 saturated carbocycles. The Balaban J connectivity index is 0.00000144. The van der Waals surface area contributed by atoms with Crippen LogP contribution in [0.2, 0.25) is 0 Å². The van der Waals surface area contributed by atoms with Crippen molar-refractivity contribution < 1.29 is 4.79 Å². The van der Waals surface area contributed by atoms with Gasteiger partial charge in [-0.25, -0.2) is 4.98 Å². The van der Waals surface area contributed by atoms with Gasteiger partial charge >= 0.3 is 0 Å². The number of aromatic nitrogens is 2. The topological polar surface area (TPSA) is 72.9 Å². The largest absolute Gasteiger partial charge is 0.345 e. The number of carbonyl (C=O) groups excluding carboxylic acids is 1. The van der Waals surface area contributed by atoms with E-state index in [1.807, 2.05) is 29.9 Å². The minimum atomic E-state index is -0.222. The Morgan fingerprint density at radius 2 is 2.04 bits per heavy atom. The minimum absolute atomic E-state index is 0. The quantitative estimate of drug-likeness (QED) is 0.839. The first-order chi connectivity index (χ1) is 10.6. The van der Waals surface area contributed by atoms with Gasteiger partial charge in [-0.2, -0.15) is 0 Å². The van der Waals surface area contributed by atoms with Crippen molar-refractivity contribution in [3.8, 4) is 5.13 Å². The van der Waals surface area contributed by atoms with E-state index in [0.29, 0.717) is 12.1 Å². The molecule has 0 atom stereocenters. The van der Waals surface area contributed by atoms with Crippen molar-refractivity contribution in [2.45, 2.75) is 45.1 Å². The van der Waals surface area contributed by atoms with Crippen LogP contribution in [0.5, 0.6) is 0 Å². The smallest absolute Gasteiger partial charge is 0.253 e. The van der Waals surface area contributed by atoms with Crippen LogP contribution in [-0.2, 0) is 0 Å². The van der Waals surface area contributed by atoms with Gasteiger partial charge in [0, 0.05) is 29.5 Å². The van der Waals surface area contributed by atoms with Crippen molar-refractivity contribution in [3.63, 3.8) is 0 Å². The zero-order valence-corrected chi connectivity index (χ0v) is 16.3. The normalized spacial score (nSPS) is 15.5. The Morgan fingerprint density at radius 3 is 2.58 bits per heavy atom. The molecule has 1 aliphatic rings. The second kappa shape index (κ2) is 8.34. The van der Waals surface area contributed by atoms with Crippen LogP contribution in [0.4, 0.5) is 0 Å². The molecule has 0 aromatic carbocycles. The molecule has 5 nitrogen and oxygen atoms in total. The van der Waals surface area contributed by atoms with Crippen LogP contribution in [0.3, 0.4) is 0 Å². The average Bonchev–Trinajstić information content (AvgIpc) is 3.20. The highest BCUT2D eigenvalue weighted by Crippen LogP contribution is 2.30. The van der Waals surface area contributed by atoms with Crippen LogP contribution in [0.1, 0.15) is 47.4 Å². The highest BCUT2D eigenvalue weighted by molar-refractivity contribution is 7.12. The summed E-state index contributed by atoms with van der Waals surface area (Å²) in [5.41, 5.74) is 8.36. The Kier molecular flexibility index (Phi) is 7.28. The molecule has 134 valence electrons. The van der Waals surface area contributed by atoms with E-state index in [2.05, 4.69) is 10.3 Å². The van der Waals surface area contributed by atoms with E-state index < -0.39 is 0 Å². The summed E-state index contributed by atoms with van der Waals surface area (Å²) in [7, 11) is 0.